The van der Waals surface area contributed by atoms with Gasteiger partial charge in [0.05, 0.1) is 32.5 Å². The smallest absolute Gasteiger partial charge is 0.191 e. The van der Waals surface area contributed by atoms with E-state index in [4.69, 9.17) is 19.2 Å². The summed E-state index contributed by atoms with van der Waals surface area (Å²) in [6.45, 7) is 12.4. The maximum atomic E-state index is 6.22. The Morgan fingerprint density at radius 3 is 2.55 bits per heavy atom. The molecule has 1 heterocycles. The molecule has 0 saturated carbocycles. The molecule has 1 aliphatic heterocycles. The Morgan fingerprint density at radius 2 is 1.88 bits per heavy atom. The molecule has 3 rings (SSSR count). The maximum Gasteiger partial charge on any atom is 0.191 e. The van der Waals surface area contributed by atoms with Crippen molar-refractivity contribution in [3.05, 3.63) is 64.7 Å². The second-order valence-electron chi connectivity index (χ2n) is 8.44. The van der Waals surface area contributed by atoms with Gasteiger partial charge in [-0.15, -0.1) is 24.0 Å². The first kappa shape index (κ1) is 27.4. The maximum absolute atomic E-state index is 6.22. The molecule has 7 heteroatoms. The van der Waals surface area contributed by atoms with Gasteiger partial charge in [-0.25, -0.2) is 4.99 Å². The van der Waals surface area contributed by atoms with Gasteiger partial charge < -0.3 is 24.8 Å². The van der Waals surface area contributed by atoms with Gasteiger partial charge in [0, 0.05) is 25.1 Å². The summed E-state index contributed by atoms with van der Waals surface area (Å²) in [5.74, 6) is 1.71. The number of aryl methyl sites for hydroxylation is 1. The molecule has 0 spiro atoms. The van der Waals surface area contributed by atoms with Crippen LogP contribution in [0, 0.1) is 6.92 Å². The number of hydrogen-bond donors (Lipinski definition) is 2. The van der Waals surface area contributed by atoms with E-state index in [1.165, 1.54) is 11.1 Å². The van der Waals surface area contributed by atoms with E-state index >= 15 is 0 Å². The van der Waals surface area contributed by atoms with Gasteiger partial charge in [0.25, 0.3) is 0 Å². The van der Waals surface area contributed by atoms with Crippen LogP contribution < -0.4 is 15.4 Å². The fraction of sp³-hybridized carbons (Fsp3) is 0.500. The van der Waals surface area contributed by atoms with Crippen LogP contribution in [0.5, 0.6) is 5.75 Å². The van der Waals surface area contributed by atoms with Crippen LogP contribution in [0.4, 0.5) is 0 Å². The third kappa shape index (κ3) is 9.51. The first-order valence-corrected chi connectivity index (χ1v) is 11.6. The van der Waals surface area contributed by atoms with Gasteiger partial charge in [-0.1, -0.05) is 36.4 Å². The summed E-state index contributed by atoms with van der Waals surface area (Å²) in [6.07, 6.45) is 1.30. The van der Waals surface area contributed by atoms with E-state index < -0.39 is 0 Å². The largest absolute Gasteiger partial charge is 0.488 e. The van der Waals surface area contributed by atoms with Gasteiger partial charge in [-0.05, 0) is 50.5 Å². The molecule has 33 heavy (non-hydrogen) atoms. The summed E-state index contributed by atoms with van der Waals surface area (Å²) in [4.78, 5) is 4.76. The highest BCUT2D eigenvalue weighted by Gasteiger charge is 2.18. The Kier molecular flexibility index (Phi) is 12.0. The summed E-state index contributed by atoms with van der Waals surface area (Å²) >= 11 is 0. The molecular weight excluding hydrogens is 529 g/mol. The van der Waals surface area contributed by atoms with E-state index in [0.717, 1.165) is 42.4 Å². The zero-order chi connectivity index (χ0) is 22.8. The molecule has 182 valence electrons. The summed E-state index contributed by atoms with van der Waals surface area (Å²) in [5.41, 5.74) is 4.64. The topological polar surface area (TPSA) is 64.1 Å². The van der Waals surface area contributed by atoms with Gasteiger partial charge in [0.2, 0.25) is 0 Å². The average molecular weight is 568 g/mol. The summed E-state index contributed by atoms with van der Waals surface area (Å²) in [6, 6.07) is 14.8. The molecule has 0 radical (unpaired) electrons. The molecule has 1 aliphatic rings. The Labute approximate surface area is 215 Å². The number of nitrogens with zero attached hydrogens (tertiary/aromatic N) is 1. The lowest BCUT2D eigenvalue weighted by molar-refractivity contribution is 0.0657. The predicted octanol–water partition coefficient (Wildman–Crippen LogP) is 4.96. The number of ether oxygens (including phenoxy) is 3. The molecule has 2 N–H and O–H groups in total. The average Bonchev–Trinajstić information content (AvgIpc) is 3.29. The van der Waals surface area contributed by atoms with Crippen LogP contribution in [-0.4, -0.2) is 37.9 Å². The van der Waals surface area contributed by atoms with Gasteiger partial charge in [-0.2, -0.15) is 0 Å². The SMILES string of the molecule is CCNC(=NCc1ccc(COC(C)C)cc1)NCc1ccc(C)cc1OC1CCOC1.I. The van der Waals surface area contributed by atoms with Crippen molar-refractivity contribution in [2.45, 2.75) is 66.0 Å². The molecule has 1 unspecified atom stereocenters. The summed E-state index contributed by atoms with van der Waals surface area (Å²) in [7, 11) is 0. The van der Waals surface area contributed by atoms with Crippen molar-refractivity contribution in [1.29, 1.82) is 0 Å². The van der Waals surface area contributed by atoms with E-state index in [2.05, 4.69) is 66.9 Å². The summed E-state index contributed by atoms with van der Waals surface area (Å²) < 4.78 is 17.3. The quantitative estimate of drug-likeness (QED) is 0.242. The lowest BCUT2D eigenvalue weighted by Gasteiger charge is -2.18. The van der Waals surface area contributed by atoms with Crippen molar-refractivity contribution in [1.82, 2.24) is 10.6 Å². The number of halogens is 1. The minimum Gasteiger partial charge on any atom is -0.488 e. The van der Waals surface area contributed by atoms with Crippen LogP contribution in [0.25, 0.3) is 0 Å². The van der Waals surface area contributed by atoms with E-state index in [1.54, 1.807) is 0 Å². The molecular formula is C26H38IN3O3. The molecule has 1 saturated heterocycles. The first-order valence-electron chi connectivity index (χ1n) is 11.6. The monoisotopic (exact) mass is 567 g/mol. The van der Waals surface area contributed by atoms with Crippen LogP contribution in [-0.2, 0) is 29.2 Å². The van der Waals surface area contributed by atoms with Gasteiger partial charge in [0.15, 0.2) is 5.96 Å². The van der Waals surface area contributed by atoms with Gasteiger partial charge in [0.1, 0.15) is 11.9 Å². The fourth-order valence-corrected chi connectivity index (χ4v) is 3.40. The Bertz CT molecular complexity index is 866. The fourth-order valence-electron chi connectivity index (χ4n) is 3.40. The Hall–Kier alpha value is -1.84. The number of nitrogens with one attached hydrogen (secondary N) is 2. The standard InChI is InChI=1S/C26H37N3O3.HI/c1-5-27-26(28-15-21-7-9-22(10-8-21)17-31-19(2)3)29-16-23-11-6-20(4)14-25(23)32-24-12-13-30-18-24;/h6-11,14,19,24H,5,12-13,15-18H2,1-4H3,(H2,27,28,29);1H. The van der Waals surface area contributed by atoms with E-state index in [-0.39, 0.29) is 36.2 Å². The molecule has 0 aliphatic carbocycles. The Balaban J connectivity index is 0.00000385. The van der Waals surface area contributed by atoms with Gasteiger partial charge in [-0.3, -0.25) is 0 Å². The van der Waals surface area contributed by atoms with Crippen molar-refractivity contribution in [2.24, 2.45) is 4.99 Å². The summed E-state index contributed by atoms with van der Waals surface area (Å²) in [5, 5.41) is 6.77. The van der Waals surface area contributed by atoms with Crippen molar-refractivity contribution in [2.75, 3.05) is 19.8 Å². The van der Waals surface area contributed by atoms with Crippen molar-refractivity contribution < 1.29 is 14.2 Å². The molecule has 1 fully saturated rings. The highest BCUT2D eigenvalue weighted by molar-refractivity contribution is 14.0. The zero-order valence-electron chi connectivity index (χ0n) is 20.2. The number of hydrogen-bond acceptors (Lipinski definition) is 4. The number of benzene rings is 2. The second-order valence-corrected chi connectivity index (χ2v) is 8.44. The highest BCUT2D eigenvalue weighted by atomic mass is 127. The first-order chi connectivity index (χ1) is 15.5. The minimum atomic E-state index is 0. The normalized spacial score (nSPS) is 15.9. The lowest BCUT2D eigenvalue weighted by Crippen LogP contribution is -2.37. The number of guanidine groups is 1. The third-order valence-corrected chi connectivity index (χ3v) is 5.22. The van der Waals surface area contributed by atoms with Crippen molar-refractivity contribution >= 4 is 29.9 Å². The second kappa shape index (κ2) is 14.4. The van der Waals surface area contributed by atoms with Crippen LogP contribution in [0.15, 0.2) is 47.5 Å². The van der Waals surface area contributed by atoms with Crippen LogP contribution in [0.2, 0.25) is 0 Å². The van der Waals surface area contributed by atoms with E-state index in [1.807, 2.05) is 13.8 Å². The zero-order valence-corrected chi connectivity index (χ0v) is 22.6. The molecule has 6 nitrogen and oxygen atoms in total. The predicted molar refractivity (Wildman–Crippen MR) is 144 cm³/mol. The third-order valence-electron chi connectivity index (χ3n) is 5.22. The van der Waals surface area contributed by atoms with Gasteiger partial charge >= 0.3 is 0 Å². The van der Waals surface area contributed by atoms with Crippen LogP contribution in [0.1, 0.15) is 49.4 Å². The van der Waals surface area contributed by atoms with Crippen LogP contribution in [0.3, 0.4) is 0 Å². The van der Waals surface area contributed by atoms with Crippen molar-refractivity contribution in [3.8, 4) is 5.75 Å². The molecule has 0 bridgehead atoms. The molecule has 0 aromatic heterocycles. The van der Waals surface area contributed by atoms with Crippen molar-refractivity contribution in [3.63, 3.8) is 0 Å². The molecule has 1 atom stereocenters. The van der Waals surface area contributed by atoms with E-state index in [9.17, 15) is 0 Å². The molecule has 0 amide bonds. The Morgan fingerprint density at radius 1 is 1.12 bits per heavy atom. The van der Waals surface area contributed by atoms with Crippen LogP contribution >= 0.6 is 24.0 Å². The lowest BCUT2D eigenvalue weighted by atomic mass is 10.1. The number of aliphatic imine (C=N–C) groups is 1. The van der Waals surface area contributed by atoms with E-state index in [0.29, 0.717) is 26.3 Å². The molecule has 2 aromatic carbocycles. The highest BCUT2D eigenvalue weighted by Crippen LogP contribution is 2.23. The number of rotatable bonds is 10. The minimum absolute atomic E-state index is 0. The molecule has 2 aromatic rings.